The van der Waals surface area contributed by atoms with Crippen LogP contribution in [0.25, 0.3) is 0 Å². The van der Waals surface area contributed by atoms with Gasteiger partial charge >= 0.3 is 0 Å². The van der Waals surface area contributed by atoms with E-state index in [0.29, 0.717) is 6.42 Å². The molecule has 3 heteroatoms. The number of nitrogens with one attached hydrogen (secondary N) is 2. The molecule has 3 rings (SSSR count). The largest absolute Gasteiger partial charge is 0.347 e. The fraction of sp³-hybridized carbons (Fsp3) is 0.278. The summed E-state index contributed by atoms with van der Waals surface area (Å²) in [5.41, 5.74) is 3.53. The van der Waals surface area contributed by atoms with Gasteiger partial charge < -0.3 is 10.6 Å². The lowest BCUT2D eigenvalue weighted by molar-refractivity contribution is -0.121. The predicted octanol–water partition coefficient (Wildman–Crippen LogP) is 2.58. The summed E-state index contributed by atoms with van der Waals surface area (Å²) in [5, 5.41) is 6.61. The average molecular weight is 280 g/mol. The summed E-state index contributed by atoms with van der Waals surface area (Å²) in [6.45, 7) is 2.98. The third-order valence-corrected chi connectivity index (χ3v) is 4.03. The molecule has 1 aliphatic heterocycles. The molecule has 108 valence electrons. The van der Waals surface area contributed by atoms with Gasteiger partial charge in [0.1, 0.15) is 0 Å². The average Bonchev–Trinajstić information content (AvgIpc) is 2.51. The van der Waals surface area contributed by atoms with E-state index >= 15 is 0 Å². The molecule has 0 radical (unpaired) electrons. The van der Waals surface area contributed by atoms with E-state index in [1.54, 1.807) is 0 Å². The highest BCUT2D eigenvalue weighted by molar-refractivity contribution is 5.79. The molecule has 2 aromatic rings. The summed E-state index contributed by atoms with van der Waals surface area (Å²) < 4.78 is 0. The minimum atomic E-state index is 0.0335. The quantitative estimate of drug-likeness (QED) is 0.907. The third-order valence-electron chi connectivity index (χ3n) is 4.03. The summed E-state index contributed by atoms with van der Waals surface area (Å²) in [5.74, 6) is 0.0663. The zero-order chi connectivity index (χ0) is 14.7. The zero-order valence-electron chi connectivity index (χ0n) is 12.2. The number of rotatable bonds is 3. The normalized spacial score (nSPS) is 20.6. The Morgan fingerprint density at radius 3 is 2.67 bits per heavy atom. The van der Waals surface area contributed by atoms with E-state index in [2.05, 4.69) is 29.7 Å². The molecule has 2 aromatic carbocycles. The Morgan fingerprint density at radius 1 is 1.14 bits per heavy atom. The van der Waals surface area contributed by atoms with Gasteiger partial charge in [0.15, 0.2) is 0 Å². The van der Waals surface area contributed by atoms with E-state index in [1.807, 2.05) is 42.5 Å². The molecule has 21 heavy (non-hydrogen) atoms. The van der Waals surface area contributed by atoms with Crippen molar-refractivity contribution in [3.05, 3.63) is 71.3 Å². The standard InChI is InChI=1S/C18H20N2O/c1-13-18(16-10-6-5-9-15(16)12-19-13)20-17(21)11-14-7-3-2-4-8-14/h2-10,13,18-19H,11-12H2,1H3,(H,20,21). The smallest absolute Gasteiger partial charge is 0.224 e. The van der Waals surface area contributed by atoms with Crippen molar-refractivity contribution in [2.24, 2.45) is 0 Å². The number of hydrogen-bond acceptors (Lipinski definition) is 2. The Hall–Kier alpha value is -2.13. The number of carbonyl (C=O) groups excluding carboxylic acids is 1. The van der Waals surface area contributed by atoms with Crippen LogP contribution in [0.5, 0.6) is 0 Å². The number of amides is 1. The molecule has 1 aliphatic rings. The van der Waals surface area contributed by atoms with Gasteiger partial charge in [0.05, 0.1) is 12.5 Å². The Kier molecular flexibility index (Phi) is 4.02. The van der Waals surface area contributed by atoms with Crippen LogP contribution in [0, 0.1) is 0 Å². The molecule has 2 unspecified atom stereocenters. The molecule has 0 aromatic heterocycles. The van der Waals surface area contributed by atoms with Gasteiger partial charge in [-0.1, -0.05) is 54.6 Å². The lowest BCUT2D eigenvalue weighted by atomic mass is 9.91. The maximum absolute atomic E-state index is 12.3. The SMILES string of the molecule is CC1NCc2ccccc2C1NC(=O)Cc1ccccc1. The number of benzene rings is 2. The summed E-state index contributed by atoms with van der Waals surface area (Å²) in [6, 6.07) is 18.4. The van der Waals surface area contributed by atoms with Gasteiger partial charge in [0.2, 0.25) is 5.91 Å². The molecular weight excluding hydrogens is 260 g/mol. The third kappa shape index (κ3) is 3.14. The molecule has 2 N–H and O–H groups in total. The maximum atomic E-state index is 12.3. The van der Waals surface area contributed by atoms with Crippen LogP contribution in [0.1, 0.15) is 29.7 Å². The maximum Gasteiger partial charge on any atom is 0.224 e. The first-order chi connectivity index (χ1) is 10.2. The number of hydrogen-bond donors (Lipinski definition) is 2. The van der Waals surface area contributed by atoms with Crippen LogP contribution in [-0.2, 0) is 17.8 Å². The van der Waals surface area contributed by atoms with Gasteiger partial charge in [-0.3, -0.25) is 4.79 Å². The van der Waals surface area contributed by atoms with Crippen molar-refractivity contribution in [3.63, 3.8) is 0 Å². The summed E-state index contributed by atoms with van der Waals surface area (Å²) in [7, 11) is 0. The minimum Gasteiger partial charge on any atom is -0.347 e. The van der Waals surface area contributed by atoms with Crippen molar-refractivity contribution in [2.45, 2.75) is 32.0 Å². The molecular formula is C18H20N2O. The van der Waals surface area contributed by atoms with E-state index in [9.17, 15) is 4.79 Å². The number of fused-ring (bicyclic) bond motifs is 1. The van der Waals surface area contributed by atoms with Crippen LogP contribution in [0.4, 0.5) is 0 Å². The van der Waals surface area contributed by atoms with E-state index in [0.717, 1.165) is 12.1 Å². The van der Waals surface area contributed by atoms with E-state index in [4.69, 9.17) is 0 Å². The second-order valence-corrected chi connectivity index (χ2v) is 5.58. The van der Waals surface area contributed by atoms with Crippen molar-refractivity contribution in [1.29, 1.82) is 0 Å². The van der Waals surface area contributed by atoms with Gasteiger partial charge in [-0.15, -0.1) is 0 Å². The molecule has 1 heterocycles. The Balaban J connectivity index is 1.73. The topological polar surface area (TPSA) is 41.1 Å². The lowest BCUT2D eigenvalue weighted by Crippen LogP contribution is -2.46. The van der Waals surface area contributed by atoms with Crippen LogP contribution in [0.2, 0.25) is 0 Å². The molecule has 2 atom stereocenters. The van der Waals surface area contributed by atoms with Crippen molar-refractivity contribution in [1.82, 2.24) is 10.6 Å². The van der Waals surface area contributed by atoms with Crippen LogP contribution in [-0.4, -0.2) is 11.9 Å². The van der Waals surface area contributed by atoms with Gasteiger partial charge in [0.25, 0.3) is 0 Å². The zero-order valence-corrected chi connectivity index (χ0v) is 12.2. The molecule has 0 fully saturated rings. The Morgan fingerprint density at radius 2 is 1.86 bits per heavy atom. The lowest BCUT2D eigenvalue weighted by Gasteiger charge is -2.33. The van der Waals surface area contributed by atoms with Gasteiger partial charge in [-0.2, -0.15) is 0 Å². The Labute approximate surface area is 125 Å². The molecule has 0 spiro atoms. The number of carbonyl (C=O) groups is 1. The van der Waals surface area contributed by atoms with Crippen molar-refractivity contribution >= 4 is 5.91 Å². The van der Waals surface area contributed by atoms with Crippen molar-refractivity contribution < 1.29 is 4.79 Å². The van der Waals surface area contributed by atoms with Crippen molar-refractivity contribution in [2.75, 3.05) is 0 Å². The first-order valence-electron chi connectivity index (χ1n) is 7.38. The monoisotopic (exact) mass is 280 g/mol. The fourth-order valence-electron chi connectivity index (χ4n) is 2.87. The highest BCUT2D eigenvalue weighted by Gasteiger charge is 2.27. The van der Waals surface area contributed by atoms with E-state index < -0.39 is 0 Å². The summed E-state index contributed by atoms with van der Waals surface area (Å²) in [6.07, 6.45) is 0.423. The first-order valence-corrected chi connectivity index (χ1v) is 7.38. The second kappa shape index (κ2) is 6.10. The van der Waals surface area contributed by atoms with Gasteiger partial charge in [0, 0.05) is 12.6 Å². The highest BCUT2D eigenvalue weighted by Crippen LogP contribution is 2.25. The molecule has 1 amide bonds. The molecule has 0 bridgehead atoms. The predicted molar refractivity (Wildman–Crippen MR) is 83.8 cm³/mol. The summed E-state index contributed by atoms with van der Waals surface area (Å²) >= 11 is 0. The fourth-order valence-corrected chi connectivity index (χ4v) is 2.87. The summed E-state index contributed by atoms with van der Waals surface area (Å²) in [4.78, 5) is 12.3. The van der Waals surface area contributed by atoms with Crippen LogP contribution >= 0.6 is 0 Å². The van der Waals surface area contributed by atoms with Crippen LogP contribution in [0.15, 0.2) is 54.6 Å². The van der Waals surface area contributed by atoms with Crippen molar-refractivity contribution in [3.8, 4) is 0 Å². The van der Waals surface area contributed by atoms with E-state index in [1.165, 1.54) is 11.1 Å². The highest BCUT2D eigenvalue weighted by atomic mass is 16.1. The van der Waals surface area contributed by atoms with E-state index in [-0.39, 0.29) is 18.0 Å². The van der Waals surface area contributed by atoms with Crippen LogP contribution in [0.3, 0.4) is 0 Å². The first kappa shape index (κ1) is 13.8. The molecule has 0 saturated heterocycles. The minimum absolute atomic E-state index is 0.0335. The van der Waals surface area contributed by atoms with Crippen LogP contribution < -0.4 is 10.6 Å². The Bertz CT molecular complexity index is 624. The molecule has 0 saturated carbocycles. The van der Waals surface area contributed by atoms with Gasteiger partial charge in [-0.25, -0.2) is 0 Å². The second-order valence-electron chi connectivity index (χ2n) is 5.58. The molecule has 0 aliphatic carbocycles. The van der Waals surface area contributed by atoms with Gasteiger partial charge in [-0.05, 0) is 23.6 Å². The molecule has 3 nitrogen and oxygen atoms in total.